The van der Waals surface area contributed by atoms with E-state index < -0.39 is 0 Å². The molecule has 3 nitrogen and oxygen atoms in total. The maximum absolute atomic E-state index is 6.31. The van der Waals surface area contributed by atoms with Crippen LogP contribution in [0.4, 0.5) is 0 Å². The number of aryl methyl sites for hydroxylation is 1. The van der Waals surface area contributed by atoms with Crippen molar-refractivity contribution in [2.45, 2.75) is 45.7 Å². The van der Waals surface area contributed by atoms with Gasteiger partial charge >= 0.3 is 0 Å². The average molecular weight is 241 g/mol. The summed E-state index contributed by atoms with van der Waals surface area (Å²) in [5.74, 6) is 0. The van der Waals surface area contributed by atoms with E-state index in [1.165, 1.54) is 4.88 Å². The Labute approximate surface area is 103 Å². The summed E-state index contributed by atoms with van der Waals surface area (Å²) >= 11 is 1.73. The Morgan fingerprint density at radius 1 is 1.44 bits per heavy atom. The van der Waals surface area contributed by atoms with Crippen molar-refractivity contribution in [1.82, 2.24) is 9.88 Å². The second-order valence-corrected chi connectivity index (χ2v) is 5.54. The molecule has 0 aliphatic carbocycles. The molecule has 0 fully saturated rings. The number of rotatable bonds is 6. The van der Waals surface area contributed by atoms with Gasteiger partial charge < -0.3 is 5.73 Å². The van der Waals surface area contributed by atoms with Gasteiger partial charge in [-0.2, -0.15) is 0 Å². The van der Waals surface area contributed by atoms with Gasteiger partial charge in [0.15, 0.2) is 0 Å². The molecule has 0 amide bonds. The van der Waals surface area contributed by atoms with Gasteiger partial charge in [-0.05, 0) is 26.8 Å². The molecule has 0 saturated heterocycles. The van der Waals surface area contributed by atoms with Crippen molar-refractivity contribution >= 4 is 11.3 Å². The van der Waals surface area contributed by atoms with Gasteiger partial charge in [-0.15, -0.1) is 11.3 Å². The van der Waals surface area contributed by atoms with Crippen molar-refractivity contribution < 1.29 is 0 Å². The fourth-order valence-electron chi connectivity index (χ4n) is 1.79. The highest BCUT2D eigenvalue weighted by atomic mass is 32.1. The molecular formula is C12H23N3S. The van der Waals surface area contributed by atoms with Crippen molar-refractivity contribution in [3.8, 4) is 0 Å². The molecule has 0 aromatic carbocycles. The van der Waals surface area contributed by atoms with Crippen LogP contribution in [0.15, 0.2) is 5.51 Å². The largest absolute Gasteiger partial charge is 0.324 e. The summed E-state index contributed by atoms with van der Waals surface area (Å²) in [7, 11) is 2.13. The van der Waals surface area contributed by atoms with E-state index in [4.69, 9.17) is 5.73 Å². The Kier molecular flexibility index (Phi) is 4.89. The normalized spacial score (nSPS) is 12.4. The van der Waals surface area contributed by atoms with Crippen LogP contribution in [-0.4, -0.2) is 29.0 Å². The zero-order valence-electron chi connectivity index (χ0n) is 10.8. The molecule has 1 aromatic rings. The molecule has 0 radical (unpaired) electrons. The molecule has 1 heterocycles. The molecule has 0 atom stereocenters. The van der Waals surface area contributed by atoms with Crippen molar-refractivity contribution in [3.05, 3.63) is 16.1 Å². The maximum Gasteiger partial charge on any atom is 0.0798 e. The molecule has 0 aliphatic rings. The van der Waals surface area contributed by atoms with Gasteiger partial charge in [0.05, 0.1) is 11.2 Å². The fraction of sp³-hybridized carbons (Fsp3) is 0.750. The Hall–Kier alpha value is -0.450. The van der Waals surface area contributed by atoms with E-state index in [-0.39, 0.29) is 5.54 Å². The lowest BCUT2D eigenvalue weighted by Crippen LogP contribution is -2.48. The van der Waals surface area contributed by atoms with Gasteiger partial charge in [-0.1, -0.05) is 13.8 Å². The maximum atomic E-state index is 6.31. The van der Waals surface area contributed by atoms with Crippen molar-refractivity contribution in [2.75, 3.05) is 13.6 Å². The van der Waals surface area contributed by atoms with Gasteiger partial charge in [0, 0.05) is 23.5 Å². The third-order valence-corrected chi connectivity index (χ3v) is 4.17. The van der Waals surface area contributed by atoms with E-state index in [0.717, 1.165) is 31.6 Å². The lowest BCUT2D eigenvalue weighted by Gasteiger charge is -2.31. The summed E-state index contributed by atoms with van der Waals surface area (Å²) < 4.78 is 0. The topological polar surface area (TPSA) is 42.1 Å². The van der Waals surface area contributed by atoms with Crippen LogP contribution >= 0.6 is 11.3 Å². The highest BCUT2D eigenvalue weighted by molar-refractivity contribution is 7.09. The number of aromatic nitrogens is 1. The van der Waals surface area contributed by atoms with Crippen LogP contribution in [0.2, 0.25) is 0 Å². The van der Waals surface area contributed by atoms with Crippen LogP contribution in [0, 0.1) is 6.92 Å². The van der Waals surface area contributed by atoms with Crippen LogP contribution in [0.25, 0.3) is 0 Å². The highest BCUT2D eigenvalue weighted by Crippen LogP contribution is 2.17. The number of nitrogens with two attached hydrogens (primary N) is 1. The Balaban J connectivity index is 2.53. The van der Waals surface area contributed by atoms with E-state index in [2.05, 4.69) is 37.7 Å². The van der Waals surface area contributed by atoms with Crippen LogP contribution in [0.3, 0.4) is 0 Å². The zero-order chi connectivity index (χ0) is 12.2. The molecule has 0 aliphatic heterocycles. The molecule has 1 rings (SSSR count). The first-order valence-electron chi connectivity index (χ1n) is 5.87. The van der Waals surface area contributed by atoms with Gasteiger partial charge in [0.1, 0.15) is 0 Å². The fourth-order valence-corrected chi connectivity index (χ4v) is 2.65. The van der Waals surface area contributed by atoms with Crippen LogP contribution < -0.4 is 5.73 Å². The molecule has 1 aromatic heterocycles. The van der Waals surface area contributed by atoms with E-state index in [1.54, 1.807) is 11.3 Å². The Bertz CT molecular complexity index is 318. The second kappa shape index (κ2) is 5.75. The third-order valence-electron chi connectivity index (χ3n) is 3.25. The minimum Gasteiger partial charge on any atom is -0.324 e. The average Bonchev–Trinajstić information content (AvgIpc) is 2.64. The van der Waals surface area contributed by atoms with Crippen molar-refractivity contribution in [3.63, 3.8) is 0 Å². The molecule has 0 unspecified atom stereocenters. The predicted octanol–water partition coefficient (Wildman–Crippen LogP) is 2.40. The SMILES string of the molecule is CCC(N)(CC)CN(C)Cc1scnc1C. The lowest BCUT2D eigenvalue weighted by molar-refractivity contribution is 0.229. The molecule has 16 heavy (non-hydrogen) atoms. The highest BCUT2D eigenvalue weighted by Gasteiger charge is 2.22. The van der Waals surface area contributed by atoms with Crippen LogP contribution in [-0.2, 0) is 6.54 Å². The quantitative estimate of drug-likeness (QED) is 0.831. The van der Waals surface area contributed by atoms with E-state index in [9.17, 15) is 0 Å². The van der Waals surface area contributed by atoms with Gasteiger partial charge in [0.2, 0.25) is 0 Å². The van der Waals surface area contributed by atoms with Crippen LogP contribution in [0.1, 0.15) is 37.3 Å². The summed E-state index contributed by atoms with van der Waals surface area (Å²) in [6, 6.07) is 0. The van der Waals surface area contributed by atoms with E-state index >= 15 is 0 Å². The van der Waals surface area contributed by atoms with Gasteiger partial charge in [-0.3, -0.25) is 4.90 Å². The van der Waals surface area contributed by atoms with Crippen molar-refractivity contribution in [2.24, 2.45) is 5.73 Å². The molecule has 0 spiro atoms. The Morgan fingerprint density at radius 2 is 2.06 bits per heavy atom. The monoisotopic (exact) mass is 241 g/mol. The summed E-state index contributed by atoms with van der Waals surface area (Å²) in [6.07, 6.45) is 2.05. The smallest absolute Gasteiger partial charge is 0.0798 e. The number of thiazole rings is 1. The first kappa shape index (κ1) is 13.6. The summed E-state index contributed by atoms with van der Waals surface area (Å²) in [5, 5.41) is 0. The minimum atomic E-state index is -0.0483. The number of likely N-dealkylation sites (N-methyl/N-ethyl adjacent to an activating group) is 1. The summed E-state index contributed by atoms with van der Waals surface area (Å²) in [5.41, 5.74) is 9.32. The summed E-state index contributed by atoms with van der Waals surface area (Å²) in [4.78, 5) is 7.91. The minimum absolute atomic E-state index is 0.0483. The first-order valence-corrected chi connectivity index (χ1v) is 6.75. The molecule has 92 valence electrons. The number of hydrogen-bond donors (Lipinski definition) is 1. The first-order chi connectivity index (χ1) is 7.50. The molecule has 0 saturated carbocycles. The zero-order valence-corrected chi connectivity index (χ0v) is 11.6. The third kappa shape index (κ3) is 3.54. The lowest BCUT2D eigenvalue weighted by atomic mass is 9.94. The number of hydrogen-bond acceptors (Lipinski definition) is 4. The Morgan fingerprint density at radius 3 is 2.50 bits per heavy atom. The second-order valence-electron chi connectivity index (χ2n) is 4.60. The summed E-state index contributed by atoms with van der Waals surface area (Å²) in [6.45, 7) is 8.28. The van der Waals surface area contributed by atoms with Crippen LogP contribution in [0.5, 0.6) is 0 Å². The number of nitrogens with zero attached hydrogens (tertiary/aromatic N) is 2. The van der Waals surface area contributed by atoms with Gasteiger partial charge in [-0.25, -0.2) is 4.98 Å². The predicted molar refractivity (Wildman–Crippen MR) is 70.7 cm³/mol. The molecule has 0 bridgehead atoms. The standard InChI is InChI=1S/C12H23N3S/c1-5-12(13,6-2)8-15(4)7-11-10(3)14-9-16-11/h9H,5-8,13H2,1-4H3. The molecule has 4 heteroatoms. The van der Waals surface area contributed by atoms with E-state index in [0.29, 0.717) is 0 Å². The van der Waals surface area contributed by atoms with E-state index in [1.807, 2.05) is 5.51 Å². The van der Waals surface area contributed by atoms with Crippen molar-refractivity contribution in [1.29, 1.82) is 0 Å². The van der Waals surface area contributed by atoms with Gasteiger partial charge in [0.25, 0.3) is 0 Å². The molecule has 2 N–H and O–H groups in total. The molecular weight excluding hydrogens is 218 g/mol.